The molecular weight excluding hydrogens is 234 g/mol. The van der Waals surface area contributed by atoms with Crippen molar-refractivity contribution >= 4 is 5.82 Å². The van der Waals surface area contributed by atoms with E-state index in [-0.39, 0.29) is 5.41 Å². The molecule has 0 atom stereocenters. The highest BCUT2D eigenvalue weighted by molar-refractivity contribution is 5.32. The van der Waals surface area contributed by atoms with E-state index in [1.807, 2.05) is 12.1 Å². The summed E-state index contributed by atoms with van der Waals surface area (Å²) in [5.74, 6) is 1.39. The zero-order chi connectivity index (χ0) is 13.9. The number of anilines is 1. The van der Waals surface area contributed by atoms with Crippen molar-refractivity contribution in [3.63, 3.8) is 0 Å². The van der Waals surface area contributed by atoms with E-state index in [1.54, 1.807) is 0 Å². The van der Waals surface area contributed by atoms with Crippen molar-refractivity contribution in [3.05, 3.63) is 53.5 Å². The van der Waals surface area contributed by atoms with Crippen LogP contribution >= 0.6 is 0 Å². The topological polar surface area (TPSA) is 51.8 Å². The van der Waals surface area contributed by atoms with Gasteiger partial charge in [-0.05, 0) is 12.0 Å². The average molecular weight is 255 g/mol. The van der Waals surface area contributed by atoms with Crippen LogP contribution in [0.2, 0.25) is 0 Å². The third-order valence-electron chi connectivity index (χ3n) is 3.04. The molecule has 0 saturated carbocycles. The summed E-state index contributed by atoms with van der Waals surface area (Å²) in [4.78, 5) is 8.96. The van der Waals surface area contributed by atoms with Crippen LogP contribution in [-0.2, 0) is 18.3 Å². The Hall–Kier alpha value is -1.90. The second-order valence-corrected chi connectivity index (χ2v) is 5.83. The summed E-state index contributed by atoms with van der Waals surface area (Å²) < 4.78 is 0. The van der Waals surface area contributed by atoms with Gasteiger partial charge in [0.25, 0.3) is 0 Å². The highest BCUT2D eigenvalue weighted by Crippen LogP contribution is 2.21. The molecule has 19 heavy (non-hydrogen) atoms. The Kier molecular flexibility index (Phi) is 3.84. The lowest BCUT2D eigenvalue weighted by molar-refractivity contribution is 0.562. The Balaban J connectivity index is 2.15. The van der Waals surface area contributed by atoms with E-state index in [1.165, 1.54) is 5.56 Å². The molecule has 0 aliphatic heterocycles. The number of benzene rings is 1. The molecule has 1 aromatic carbocycles. The largest absolute Gasteiger partial charge is 0.384 e. The molecule has 1 heterocycles. The van der Waals surface area contributed by atoms with Gasteiger partial charge in [0.1, 0.15) is 11.6 Å². The number of nitrogens with two attached hydrogens (primary N) is 1. The molecule has 0 aliphatic rings. The van der Waals surface area contributed by atoms with Crippen molar-refractivity contribution < 1.29 is 0 Å². The monoisotopic (exact) mass is 255 g/mol. The van der Waals surface area contributed by atoms with Gasteiger partial charge in [-0.1, -0.05) is 51.1 Å². The van der Waals surface area contributed by atoms with E-state index >= 15 is 0 Å². The van der Waals surface area contributed by atoms with Crippen LogP contribution in [0.3, 0.4) is 0 Å². The Morgan fingerprint density at radius 1 is 1.00 bits per heavy atom. The molecule has 0 aliphatic carbocycles. The Morgan fingerprint density at radius 2 is 1.68 bits per heavy atom. The van der Waals surface area contributed by atoms with Gasteiger partial charge in [0.15, 0.2) is 0 Å². The summed E-state index contributed by atoms with van der Waals surface area (Å²) in [6.45, 7) is 6.40. The highest BCUT2D eigenvalue weighted by Gasteiger charge is 2.17. The second-order valence-electron chi connectivity index (χ2n) is 5.83. The van der Waals surface area contributed by atoms with Gasteiger partial charge in [0.05, 0.1) is 5.69 Å². The van der Waals surface area contributed by atoms with Crippen LogP contribution in [-0.4, -0.2) is 9.97 Å². The van der Waals surface area contributed by atoms with E-state index < -0.39 is 0 Å². The van der Waals surface area contributed by atoms with Crippen molar-refractivity contribution in [2.75, 3.05) is 5.73 Å². The summed E-state index contributed by atoms with van der Waals surface area (Å²) in [5.41, 5.74) is 8.17. The maximum absolute atomic E-state index is 5.87. The number of aromatic nitrogens is 2. The number of nitrogen functional groups attached to an aromatic ring is 1. The van der Waals surface area contributed by atoms with Crippen LogP contribution in [0.15, 0.2) is 36.4 Å². The maximum Gasteiger partial charge on any atom is 0.131 e. The quantitative estimate of drug-likeness (QED) is 0.916. The lowest BCUT2D eigenvalue weighted by Crippen LogP contribution is -2.16. The molecule has 0 bridgehead atoms. The highest BCUT2D eigenvalue weighted by atomic mass is 14.9. The van der Waals surface area contributed by atoms with Crippen molar-refractivity contribution in [3.8, 4) is 0 Å². The van der Waals surface area contributed by atoms with Crippen LogP contribution in [0.4, 0.5) is 5.82 Å². The van der Waals surface area contributed by atoms with Crippen LogP contribution in [0.1, 0.15) is 37.9 Å². The molecule has 1 aromatic heterocycles. The average Bonchev–Trinajstić information content (AvgIpc) is 2.36. The van der Waals surface area contributed by atoms with Gasteiger partial charge in [0.2, 0.25) is 0 Å². The summed E-state index contributed by atoms with van der Waals surface area (Å²) in [5, 5.41) is 0. The number of nitrogens with zero attached hydrogens (tertiary/aromatic N) is 2. The third kappa shape index (κ3) is 3.78. The Bertz CT molecular complexity index is 542. The fourth-order valence-corrected chi connectivity index (χ4v) is 1.91. The summed E-state index contributed by atoms with van der Waals surface area (Å²) in [7, 11) is 0. The van der Waals surface area contributed by atoms with Gasteiger partial charge < -0.3 is 5.73 Å². The normalized spacial score (nSPS) is 11.5. The van der Waals surface area contributed by atoms with Crippen LogP contribution in [0, 0.1) is 0 Å². The third-order valence-corrected chi connectivity index (χ3v) is 3.04. The van der Waals surface area contributed by atoms with Crippen molar-refractivity contribution in [2.45, 2.75) is 39.0 Å². The van der Waals surface area contributed by atoms with Crippen LogP contribution in [0.25, 0.3) is 0 Å². The minimum atomic E-state index is -0.00143. The zero-order valence-electron chi connectivity index (χ0n) is 11.9. The van der Waals surface area contributed by atoms with Gasteiger partial charge in [-0.3, -0.25) is 0 Å². The molecule has 0 saturated heterocycles. The summed E-state index contributed by atoms with van der Waals surface area (Å²) >= 11 is 0. The van der Waals surface area contributed by atoms with Crippen molar-refractivity contribution in [2.24, 2.45) is 0 Å². The van der Waals surface area contributed by atoms with Crippen molar-refractivity contribution in [1.82, 2.24) is 9.97 Å². The zero-order valence-corrected chi connectivity index (χ0v) is 11.9. The van der Waals surface area contributed by atoms with Crippen LogP contribution in [0.5, 0.6) is 0 Å². The minimum Gasteiger partial charge on any atom is -0.384 e. The Morgan fingerprint density at radius 3 is 2.32 bits per heavy atom. The first kappa shape index (κ1) is 13.5. The maximum atomic E-state index is 5.87. The molecule has 3 heteroatoms. The molecule has 0 radical (unpaired) electrons. The molecule has 0 amide bonds. The first-order valence-corrected chi connectivity index (χ1v) is 6.63. The van der Waals surface area contributed by atoms with Gasteiger partial charge >= 0.3 is 0 Å². The predicted molar refractivity (Wildman–Crippen MR) is 79.0 cm³/mol. The molecule has 2 rings (SSSR count). The fraction of sp³-hybridized carbons (Fsp3) is 0.375. The van der Waals surface area contributed by atoms with Crippen LogP contribution < -0.4 is 5.73 Å². The standard InChI is InChI=1S/C16H21N3/c1-16(2,3)13-11-14(17)19-15(18-13)10-9-12-7-5-4-6-8-12/h4-8,11H,9-10H2,1-3H3,(H2,17,18,19). The Labute approximate surface area is 114 Å². The van der Waals surface area contributed by atoms with E-state index in [4.69, 9.17) is 5.73 Å². The summed E-state index contributed by atoms with van der Waals surface area (Å²) in [6, 6.07) is 12.2. The van der Waals surface area contributed by atoms with Gasteiger partial charge in [0, 0.05) is 17.9 Å². The lowest BCUT2D eigenvalue weighted by atomic mass is 9.92. The molecule has 3 nitrogen and oxygen atoms in total. The van der Waals surface area contributed by atoms with E-state index in [9.17, 15) is 0 Å². The first-order valence-electron chi connectivity index (χ1n) is 6.63. The van der Waals surface area contributed by atoms with Gasteiger partial charge in [-0.15, -0.1) is 0 Å². The SMILES string of the molecule is CC(C)(C)c1cc(N)nc(CCc2ccccc2)n1. The molecule has 100 valence electrons. The van der Waals surface area contributed by atoms with Gasteiger partial charge in [-0.25, -0.2) is 9.97 Å². The minimum absolute atomic E-state index is 0.00143. The molecule has 0 spiro atoms. The summed E-state index contributed by atoms with van der Waals surface area (Å²) in [6.07, 6.45) is 1.76. The number of aryl methyl sites for hydroxylation is 2. The lowest BCUT2D eigenvalue weighted by Gasteiger charge is -2.18. The molecule has 0 unspecified atom stereocenters. The van der Waals surface area contributed by atoms with E-state index in [0.29, 0.717) is 5.82 Å². The first-order chi connectivity index (χ1) is 8.95. The molecule has 2 aromatic rings. The molecular formula is C16H21N3. The number of rotatable bonds is 3. The number of hydrogen-bond acceptors (Lipinski definition) is 3. The smallest absolute Gasteiger partial charge is 0.131 e. The second kappa shape index (κ2) is 5.39. The fourth-order valence-electron chi connectivity index (χ4n) is 1.91. The van der Waals surface area contributed by atoms with Gasteiger partial charge in [-0.2, -0.15) is 0 Å². The number of hydrogen-bond donors (Lipinski definition) is 1. The van der Waals surface area contributed by atoms with E-state index in [0.717, 1.165) is 24.4 Å². The van der Waals surface area contributed by atoms with E-state index in [2.05, 4.69) is 55.0 Å². The van der Waals surface area contributed by atoms with Crippen molar-refractivity contribution in [1.29, 1.82) is 0 Å². The molecule has 0 fully saturated rings. The predicted octanol–water partition coefficient (Wildman–Crippen LogP) is 3.14. The molecule has 2 N–H and O–H groups in total.